The van der Waals surface area contributed by atoms with Gasteiger partial charge in [0.1, 0.15) is 18.7 Å². The van der Waals surface area contributed by atoms with E-state index in [2.05, 4.69) is 5.32 Å². The van der Waals surface area contributed by atoms with Crippen LogP contribution in [-0.2, 0) is 9.53 Å². The van der Waals surface area contributed by atoms with Gasteiger partial charge in [0.05, 0.1) is 0 Å². The minimum absolute atomic E-state index is 0.0364. The topological polar surface area (TPSA) is 87.7 Å². The van der Waals surface area contributed by atoms with E-state index in [9.17, 15) is 27.6 Å². The number of aryl methyl sites for hydroxylation is 1. The number of carbonyl (C=O) groups excluding carboxylic acids is 3. The molecule has 0 saturated heterocycles. The van der Waals surface area contributed by atoms with Crippen LogP contribution in [0.5, 0.6) is 0 Å². The van der Waals surface area contributed by atoms with Crippen LogP contribution in [0.15, 0.2) is 18.2 Å². The number of anilines is 1. The molecule has 10 heteroatoms. The molecule has 1 rings (SSSR count). The van der Waals surface area contributed by atoms with Crippen molar-refractivity contribution in [3.63, 3.8) is 0 Å². The summed E-state index contributed by atoms with van der Waals surface area (Å²) in [7, 11) is 1.39. The van der Waals surface area contributed by atoms with Gasteiger partial charge >= 0.3 is 12.3 Å². The lowest BCUT2D eigenvalue weighted by atomic mass is 10.1. The van der Waals surface area contributed by atoms with Crippen LogP contribution in [0, 0.1) is 6.92 Å². The predicted molar refractivity (Wildman–Crippen MR) is 97.1 cm³/mol. The van der Waals surface area contributed by atoms with Gasteiger partial charge in [0.2, 0.25) is 5.91 Å². The van der Waals surface area contributed by atoms with E-state index in [1.807, 2.05) is 0 Å². The maximum Gasteiger partial charge on any atom is 0.410 e. The van der Waals surface area contributed by atoms with Gasteiger partial charge in [-0.05, 0) is 45.4 Å². The van der Waals surface area contributed by atoms with Gasteiger partial charge in [0, 0.05) is 18.3 Å². The number of likely N-dealkylation sites (N-methyl/N-ethyl adjacent to an activating group) is 1. The summed E-state index contributed by atoms with van der Waals surface area (Å²) in [6.45, 7) is 4.97. The molecule has 7 nitrogen and oxygen atoms in total. The molecule has 3 amide bonds. The summed E-state index contributed by atoms with van der Waals surface area (Å²) in [6.07, 6.45) is -5.21. The van der Waals surface area contributed by atoms with E-state index in [1.165, 1.54) is 25.2 Å². The number of nitrogens with one attached hydrogen (secondary N) is 2. The molecule has 0 aromatic heterocycles. The molecule has 156 valence electrons. The first kappa shape index (κ1) is 23.3. The van der Waals surface area contributed by atoms with Crippen molar-refractivity contribution in [3.05, 3.63) is 29.3 Å². The van der Waals surface area contributed by atoms with Crippen molar-refractivity contribution in [1.82, 2.24) is 10.2 Å². The van der Waals surface area contributed by atoms with Gasteiger partial charge in [-0.15, -0.1) is 0 Å². The lowest BCUT2D eigenvalue weighted by Gasteiger charge is -2.24. The third-order valence-electron chi connectivity index (χ3n) is 3.31. The highest BCUT2D eigenvalue weighted by atomic mass is 19.4. The van der Waals surface area contributed by atoms with Crippen LogP contribution < -0.4 is 10.6 Å². The first-order valence-corrected chi connectivity index (χ1v) is 8.37. The van der Waals surface area contributed by atoms with Crippen LogP contribution in [0.2, 0.25) is 0 Å². The number of alkyl halides is 3. The summed E-state index contributed by atoms with van der Waals surface area (Å²) < 4.78 is 41.8. The third kappa shape index (κ3) is 8.28. The van der Waals surface area contributed by atoms with Crippen LogP contribution in [0.3, 0.4) is 0 Å². The van der Waals surface area contributed by atoms with Crippen LogP contribution in [0.25, 0.3) is 0 Å². The van der Waals surface area contributed by atoms with E-state index < -0.39 is 36.2 Å². The zero-order valence-electron chi connectivity index (χ0n) is 16.4. The summed E-state index contributed by atoms with van der Waals surface area (Å²) >= 11 is 0. The summed E-state index contributed by atoms with van der Waals surface area (Å²) in [6, 6.07) is 4.12. The Balaban J connectivity index is 2.76. The van der Waals surface area contributed by atoms with Gasteiger partial charge in [-0.3, -0.25) is 9.59 Å². The Morgan fingerprint density at radius 1 is 1.14 bits per heavy atom. The standard InChI is InChI=1S/C18H24F3N3O4/c1-11-6-7-12(15(26)22-10-18(19,20)21)8-13(11)23-14(25)9-24(5)16(27)28-17(2,3)4/h6-8H,9-10H2,1-5H3,(H,22,26)(H,23,25). The van der Waals surface area contributed by atoms with Gasteiger partial charge in [-0.2, -0.15) is 13.2 Å². The highest BCUT2D eigenvalue weighted by Crippen LogP contribution is 2.18. The zero-order chi connectivity index (χ0) is 21.7. The lowest BCUT2D eigenvalue weighted by molar-refractivity contribution is -0.123. The average Bonchev–Trinajstić information content (AvgIpc) is 2.52. The van der Waals surface area contributed by atoms with Crippen molar-refractivity contribution in [2.24, 2.45) is 0 Å². The molecule has 0 aliphatic carbocycles. The van der Waals surface area contributed by atoms with E-state index >= 15 is 0 Å². The molecule has 0 radical (unpaired) electrons. The molecule has 1 aromatic rings. The van der Waals surface area contributed by atoms with E-state index in [0.29, 0.717) is 5.56 Å². The SMILES string of the molecule is Cc1ccc(C(=O)NCC(F)(F)F)cc1NC(=O)CN(C)C(=O)OC(C)(C)C. The molecular weight excluding hydrogens is 379 g/mol. The predicted octanol–water partition coefficient (Wildman–Crippen LogP) is 3.09. The fourth-order valence-electron chi connectivity index (χ4n) is 1.99. The molecule has 0 fully saturated rings. The van der Waals surface area contributed by atoms with E-state index in [0.717, 1.165) is 4.90 Å². The number of ether oxygens (including phenoxy) is 1. The smallest absolute Gasteiger partial charge is 0.410 e. The number of halogens is 3. The van der Waals surface area contributed by atoms with E-state index in [4.69, 9.17) is 4.74 Å². The Labute approximate surface area is 161 Å². The Hall–Kier alpha value is -2.78. The van der Waals surface area contributed by atoms with E-state index in [-0.39, 0.29) is 17.8 Å². The van der Waals surface area contributed by atoms with E-state index in [1.54, 1.807) is 33.0 Å². The molecule has 0 heterocycles. The molecule has 0 saturated carbocycles. The van der Waals surface area contributed by atoms with Crippen molar-refractivity contribution in [3.8, 4) is 0 Å². The average molecular weight is 403 g/mol. The Morgan fingerprint density at radius 2 is 1.75 bits per heavy atom. The second-order valence-corrected chi connectivity index (χ2v) is 7.21. The van der Waals surface area contributed by atoms with Crippen LogP contribution in [0.4, 0.5) is 23.7 Å². The maximum absolute atomic E-state index is 12.2. The normalized spacial score (nSPS) is 11.6. The monoisotopic (exact) mass is 403 g/mol. The molecule has 0 spiro atoms. The molecule has 0 unspecified atom stereocenters. The first-order valence-electron chi connectivity index (χ1n) is 8.37. The molecule has 0 atom stereocenters. The van der Waals surface area contributed by atoms with Crippen molar-refractivity contribution >= 4 is 23.6 Å². The lowest BCUT2D eigenvalue weighted by Crippen LogP contribution is -2.38. The molecule has 0 aliphatic rings. The molecule has 2 N–H and O–H groups in total. The fraction of sp³-hybridized carbons (Fsp3) is 0.500. The van der Waals surface area contributed by atoms with Crippen molar-refractivity contribution < 1.29 is 32.3 Å². The van der Waals surface area contributed by atoms with Gasteiger partial charge in [-0.1, -0.05) is 6.07 Å². The van der Waals surface area contributed by atoms with Crippen LogP contribution in [0.1, 0.15) is 36.7 Å². The quantitative estimate of drug-likeness (QED) is 0.791. The van der Waals surface area contributed by atoms with Crippen molar-refractivity contribution in [2.75, 3.05) is 25.5 Å². The summed E-state index contributed by atoms with van der Waals surface area (Å²) in [4.78, 5) is 37.0. The number of hydrogen-bond donors (Lipinski definition) is 2. The minimum Gasteiger partial charge on any atom is -0.444 e. The summed E-state index contributed by atoms with van der Waals surface area (Å²) in [5.41, 5.74) is 0.102. The maximum atomic E-state index is 12.2. The van der Waals surface area contributed by atoms with Crippen LogP contribution >= 0.6 is 0 Å². The van der Waals surface area contributed by atoms with Gasteiger partial charge in [0.15, 0.2) is 0 Å². The Kier molecular flexibility index (Phi) is 7.43. The summed E-state index contributed by atoms with van der Waals surface area (Å²) in [5, 5.41) is 4.30. The minimum atomic E-state index is -4.52. The Bertz CT molecular complexity index is 743. The van der Waals surface area contributed by atoms with Gasteiger partial charge < -0.3 is 20.3 Å². The van der Waals surface area contributed by atoms with Gasteiger partial charge in [0.25, 0.3) is 5.91 Å². The Morgan fingerprint density at radius 3 is 2.29 bits per heavy atom. The second kappa shape index (κ2) is 8.94. The highest BCUT2D eigenvalue weighted by Gasteiger charge is 2.28. The molecular formula is C18H24F3N3O4. The van der Waals surface area contributed by atoms with Crippen LogP contribution in [-0.4, -0.2) is 54.7 Å². The second-order valence-electron chi connectivity index (χ2n) is 7.21. The molecule has 0 aliphatic heterocycles. The first-order chi connectivity index (χ1) is 12.7. The highest BCUT2D eigenvalue weighted by molar-refractivity contribution is 5.98. The third-order valence-corrected chi connectivity index (χ3v) is 3.31. The number of benzene rings is 1. The summed E-state index contributed by atoms with van der Waals surface area (Å²) in [5.74, 6) is -1.47. The molecule has 28 heavy (non-hydrogen) atoms. The number of amides is 3. The van der Waals surface area contributed by atoms with Gasteiger partial charge in [-0.25, -0.2) is 4.79 Å². The molecule has 1 aromatic carbocycles. The number of carbonyl (C=O) groups is 3. The number of rotatable bonds is 5. The van der Waals surface area contributed by atoms with Crippen molar-refractivity contribution in [2.45, 2.75) is 39.5 Å². The number of nitrogens with zero attached hydrogens (tertiary/aromatic N) is 1. The molecule has 0 bridgehead atoms. The number of hydrogen-bond acceptors (Lipinski definition) is 4. The fourth-order valence-corrected chi connectivity index (χ4v) is 1.99. The largest absolute Gasteiger partial charge is 0.444 e. The zero-order valence-corrected chi connectivity index (χ0v) is 16.4. The van der Waals surface area contributed by atoms with Crippen molar-refractivity contribution in [1.29, 1.82) is 0 Å².